The molecule has 0 saturated carbocycles. The van der Waals surface area contributed by atoms with Gasteiger partial charge in [0.1, 0.15) is 17.4 Å². The minimum Gasteiger partial charge on any atom is -0.300 e. The Bertz CT molecular complexity index is 779. The molecule has 0 N–H and O–H groups in total. The summed E-state index contributed by atoms with van der Waals surface area (Å²) in [7, 11) is 0. The number of ketones is 2. The number of unbranched alkanes of at least 4 members (excludes halogenated alkanes) is 2. The molecule has 1 atom stereocenters. The van der Waals surface area contributed by atoms with Gasteiger partial charge in [0.05, 0.1) is 0 Å². The lowest BCUT2D eigenvalue weighted by atomic mass is 9.92. The maximum absolute atomic E-state index is 12.1. The van der Waals surface area contributed by atoms with Crippen molar-refractivity contribution >= 4 is 11.6 Å². The number of benzene rings is 1. The Morgan fingerprint density at radius 2 is 1.18 bits per heavy atom. The first-order valence-corrected chi connectivity index (χ1v) is 17.2. The maximum Gasteiger partial charge on any atom is 0.135 e. The van der Waals surface area contributed by atoms with Crippen LogP contribution < -0.4 is 0 Å². The fourth-order valence-corrected chi connectivity index (χ4v) is 2.24. The smallest absolute Gasteiger partial charge is 0.135 e. The Morgan fingerprint density at radius 3 is 1.34 bits per heavy atom. The zero-order chi connectivity index (χ0) is 36.1. The molecule has 0 saturated heterocycles. The Labute approximate surface area is 277 Å². The predicted octanol–water partition coefficient (Wildman–Crippen LogP) is 14.3. The molecule has 0 aliphatic carbocycles. The highest BCUT2D eigenvalue weighted by Gasteiger charge is 2.14. The van der Waals surface area contributed by atoms with Crippen LogP contribution in [-0.2, 0) is 9.59 Å². The molecule has 0 amide bonds. The van der Waals surface area contributed by atoms with Crippen molar-refractivity contribution < 1.29 is 14.0 Å². The van der Waals surface area contributed by atoms with E-state index in [1.54, 1.807) is 26.0 Å². The van der Waals surface area contributed by atoms with E-state index in [0.29, 0.717) is 11.7 Å². The maximum atomic E-state index is 12.1. The third kappa shape index (κ3) is 52.4. The Balaban J connectivity index is -0.0000000999. The van der Waals surface area contributed by atoms with E-state index in [9.17, 15) is 14.0 Å². The second-order valence-electron chi connectivity index (χ2n) is 11.5. The Morgan fingerprint density at radius 1 is 0.795 bits per heavy atom. The van der Waals surface area contributed by atoms with Gasteiger partial charge in [-0.05, 0) is 66.0 Å². The van der Waals surface area contributed by atoms with Crippen LogP contribution in [-0.4, -0.2) is 11.6 Å². The summed E-state index contributed by atoms with van der Waals surface area (Å²) in [6, 6.07) is 6.40. The average Bonchev–Trinajstić information content (AvgIpc) is 2.99. The fourth-order valence-electron chi connectivity index (χ4n) is 2.24. The van der Waals surface area contributed by atoms with E-state index in [4.69, 9.17) is 0 Å². The molecule has 260 valence electrons. The number of carbonyl (C=O) groups is 2. The summed E-state index contributed by atoms with van der Waals surface area (Å²) in [5, 5.41) is 0. The summed E-state index contributed by atoms with van der Waals surface area (Å²) in [6.07, 6.45) is 15.8. The quantitative estimate of drug-likeness (QED) is 0.257. The lowest BCUT2D eigenvalue weighted by molar-refractivity contribution is -0.124. The number of aryl methyl sites for hydroxylation is 1. The van der Waals surface area contributed by atoms with Crippen LogP contribution in [0.5, 0.6) is 0 Å². The van der Waals surface area contributed by atoms with Crippen molar-refractivity contribution in [1.82, 2.24) is 0 Å². The van der Waals surface area contributed by atoms with E-state index in [1.165, 1.54) is 43.4 Å². The first kappa shape index (κ1) is 54.2. The minimum atomic E-state index is -0.171. The molecule has 1 rings (SSSR count). The number of hydrogen-bond donors (Lipinski definition) is 0. The van der Waals surface area contributed by atoms with E-state index in [-0.39, 0.29) is 17.0 Å². The van der Waals surface area contributed by atoms with Crippen LogP contribution in [0.25, 0.3) is 0 Å². The van der Waals surface area contributed by atoms with Crippen LogP contribution in [0.3, 0.4) is 0 Å². The van der Waals surface area contributed by atoms with Gasteiger partial charge < -0.3 is 0 Å². The molecule has 0 heterocycles. The third-order valence-corrected chi connectivity index (χ3v) is 6.13. The van der Waals surface area contributed by atoms with Crippen LogP contribution >= 0.6 is 0 Å². The number of hydrogen-bond acceptors (Lipinski definition) is 2. The predicted molar refractivity (Wildman–Crippen MR) is 201 cm³/mol. The number of Topliss-reactive ketones (excluding diaryl/α,β-unsaturated/α-hetero) is 2. The van der Waals surface area contributed by atoms with Crippen molar-refractivity contribution in [3.63, 3.8) is 0 Å². The van der Waals surface area contributed by atoms with Crippen LogP contribution in [0.2, 0.25) is 0 Å². The van der Waals surface area contributed by atoms with Gasteiger partial charge in [0, 0.05) is 11.3 Å². The lowest BCUT2D eigenvalue weighted by Crippen LogP contribution is -2.15. The van der Waals surface area contributed by atoms with Gasteiger partial charge >= 0.3 is 0 Å². The van der Waals surface area contributed by atoms with Crippen LogP contribution in [0, 0.1) is 24.1 Å². The second-order valence-corrected chi connectivity index (χ2v) is 11.5. The molecule has 1 aromatic carbocycles. The Kier molecular flexibility index (Phi) is 50.2. The topological polar surface area (TPSA) is 34.1 Å². The summed E-state index contributed by atoms with van der Waals surface area (Å²) in [5.41, 5.74) is 3.42. The van der Waals surface area contributed by atoms with Crippen molar-refractivity contribution in [2.75, 3.05) is 0 Å². The molecule has 44 heavy (non-hydrogen) atoms. The highest BCUT2D eigenvalue weighted by Crippen LogP contribution is 2.12. The molecule has 0 aromatic heterocycles. The van der Waals surface area contributed by atoms with Crippen molar-refractivity contribution in [2.24, 2.45) is 11.3 Å². The van der Waals surface area contributed by atoms with E-state index in [0.717, 1.165) is 36.8 Å². The normalized spacial score (nSPS) is 10.5. The fraction of sp³-hybridized carbons (Fsp3) is 0.659. The van der Waals surface area contributed by atoms with Gasteiger partial charge in [-0.3, -0.25) is 9.59 Å². The van der Waals surface area contributed by atoms with E-state index >= 15 is 0 Å². The van der Waals surface area contributed by atoms with Gasteiger partial charge in [0.15, 0.2) is 0 Å². The van der Waals surface area contributed by atoms with Gasteiger partial charge in [-0.25, -0.2) is 4.39 Å². The van der Waals surface area contributed by atoms with Gasteiger partial charge in [0.25, 0.3) is 0 Å². The monoisotopic (exact) mass is 621 g/mol. The first-order chi connectivity index (χ1) is 20.5. The molecular formula is C41H77FO2. The molecule has 2 nitrogen and oxygen atoms in total. The third-order valence-electron chi connectivity index (χ3n) is 6.13. The first-order valence-electron chi connectivity index (χ1n) is 17.2. The van der Waals surface area contributed by atoms with E-state index in [2.05, 4.69) is 74.1 Å². The van der Waals surface area contributed by atoms with Gasteiger partial charge in [-0.1, -0.05) is 169 Å². The summed E-state index contributed by atoms with van der Waals surface area (Å²) in [6.45, 7) is 37.9. The van der Waals surface area contributed by atoms with E-state index < -0.39 is 0 Å². The van der Waals surface area contributed by atoms with Crippen molar-refractivity contribution in [3.8, 4) is 0 Å². The van der Waals surface area contributed by atoms with Crippen LogP contribution in [0.15, 0.2) is 60.2 Å². The summed E-state index contributed by atoms with van der Waals surface area (Å²) < 4.78 is 12.1. The van der Waals surface area contributed by atoms with Gasteiger partial charge in [0.2, 0.25) is 0 Å². The molecule has 1 aromatic rings. The molecule has 0 aliphatic rings. The molecule has 0 spiro atoms. The summed E-state index contributed by atoms with van der Waals surface area (Å²) in [5.74, 6) is 0.748. The molecule has 0 fully saturated rings. The number of halogens is 1. The summed E-state index contributed by atoms with van der Waals surface area (Å²) in [4.78, 5) is 21.2. The lowest BCUT2D eigenvalue weighted by Gasteiger charge is -2.11. The van der Waals surface area contributed by atoms with Gasteiger partial charge in [-0.15, -0.1) is 0 Å². The highest BCUT2D eigenvalue weighted by molar-refractivity contribution is 5.80. The minimum absolute atomic E-state index is 0.139. The summed E-state index contributed by atoms with van der Waals surface area (Å²) >= 11 is 0. The molecule has 1 unspecified atom stereocenters. The van der Waals surface area contributed by atoms with Gasteiger partial charge in [-0.2, -0.15) is 0 Å². The zero-order valence-electron chi connectivity index (χ0n) is 32.7. The average molecular weight is 621 g/mol. The van der Waals surface area contributed by atoms with Crippen molar-refractivity contribution in [2.45, 2.75) is 169 Å². The van der Waals surface area contributed by atoms with Crippen LogP contribution in [0.1, 0.15) is 168 Å². The Hall–Kier alpha value is -2.29. The number of rotatable bonds is 9. The zero-order valence-corrected chi connectivity index (χ0v) is 32.7. The number of carbonyl (C=O) groups excluding carboxylic acids is 2. The molecular weight excluding hydrogens is 543 g/mol. The van der Waals surface area contributed by atoms with E-state index in [1.807, 2.05) is 54.5 Å². The van der Waals surface area contributed by atoms with Crippen molar-refractivity contribution in [3.05, 3.63) is 71.6 Å². The SMILES string of the molecule is C=C(C)/C=C\C(=C/C)CC.CC.CC(=O)C(C)(C)C.CCCC.CCCC.CCCC(CC)C(C)=O.Cc1ccc(F)cc1. The molecule has 0 bridgehead atoms. The largest absolute Gasteiger partial charge is 0.300 e. The van der Waals surface area contributed by atoms with Crippen molar-refractivity contribution in [1.29, 1.82) is 0 Å². The molecule has 0 aliphatic heterocycles. The second kappa shape index (κ2) is 40.7. The highest BCUT2D eigenvalue weighted by atomic mass is 19.1. The molecule has 3 heteroatoms. The number of allylic oxidation sites excluding steroid dienone is 5. The molecule has 0 radical (unpaired) electrons. The standard InChI is InChI=1S/C10H16.C8H16O.C7H7F.C6H12O.2C4H10.C2H6/c1-5-10(6-2)8-7-9(3)4;1-4-6-8(5-2)7(3)9;1-6-2-4-7(8)5-3-6;1-5(7)6(2,3)4;2*1-3-4-2;1-2/h5,7-8H,3,6H2,1-2,4H3;8H,4-6H2,1-3H3;2-5H,1H3;1-4H3;2*3-4H2,1-2H3;1-2H3/b8-7-,10-5-;;;;;;. The van der Waals surface area contributed by atoms with Crippen LogP contribution in [0.4, 0.5) is 4.39 Å².